The van der Waals surface area contributed by atoms with Crippen molar-refractivity contribution in [3.63, 3.8) is 0 Å². The van der Waals surface area contributed by atoms with Crippen LogP contribution in [0.4, 0.5) is 16.3 Å². The molecule has 0 atom stereocenters. The fraction of sp³-hybridized carbons (Fsp3) is 0.222. The lowest BCUT2D eigenvalue weighted by Crippen LogP contribution is -2.33. The Morgan fingerprint density at radius 2 is 1.82 bits per heavy atom. The molecule has 1 aliphatic rings. The van der Waals surface area contributed by atoms with Crippen molar-refractivity contribution < 1.29 is 14.3 Å². The number of aromatic nitrogens is 4. The highest BCUT2D eigenvalue weighted by Crippen LogP contribution is 2.33. The minimum Gasteiger partial charge on any atom is -0.467 e. The summed E-state index contributed by atoms with van der Waals surface area (Å²) in [7, 11) is 3.02. The number of anilines is 2. The van der Waals surface area contributed by atoms with E-state index in [1.54, 1.807) is 41.2 Å². The maximum absolute atomic E-state index is 13.5. The first kappa shape index (κ1) is 24.8. The van der Waals surface area contributed by atoms with Gasteiger partial charge < -0.3 is 10.1 Å². The molecule has 11 nitrogen and oxygen atoms in total. The Bertz CT molecular complexity index is 1560. The van der Waals surface area contributed by atoms with Gasteiger partial charge in [-0.15, -0.1) is 5.10 Å². The molecular weight excluding hydrogens is 486 g/mol. The number of carbonyl (C=O) groups excluding carboxylic acids is 2. The summed E-state index contributed by atoms with van der Waals surface area (Å²) >= 11 is 0. The van der Waals surface area contributed by atoms with Gasteiger partial charge in [0, 0.05) is 43.1 Å². The molecule has 2 aromatic heterocycles. The zero-order valence-electron chi connectivity index (χ0n) is 21.3. The van der Waals surface area contributed by atoms with E-state index in [1.807, 2.05) is 43.3 Å². The summed E-state index contributed by atoms with van der Waals surface area (Å²) in [6.45, 7) is 2.97. The average molecular weight is 514 g/mol. The number of carbonyl (C=O) groups is 2. The molecule has 0 spiro atoms. The van der Waals surface area contributed by atoms with Crippen LogP contribution < -0.4 is 25.5 Å². The number of pyridine rings is 1. The van der Waals surface area contributed by atoms with E-state index < -0.39 is 5.69 Å². The third kappa shape index (κ3) is 4.27. The molecule has 3 amide bonds. The van der Waals surface area contributed by atoms with E-state index in [-0.39, 0.29) is 17.9 Å². The van der Waals surface area contributed by atoms with Crippen LogP contribution in [0.1, 0.15) is 22.8 Å². The Morgan fingerprint density at radius 1 is 1.05 bits per heavy atom. The highest BCUT2D eigenvalue weighted by molar-refractivity contribution is 6.07. The Kier molecular flexibility index (Phi) is 6.65. The molecule has 1 aliphatic heterocycles. The van der Waals surface area contributed by atoms with Crippen molar-refractivity contribution in [3.8, 4) is 22.8 Å². The van der Waals surface area contributed by atoms with Crippen LogP contribution in [0, 0.1) is 0 Å². The van der Waals surface area contributed by atoms with E-state index in [1.165, 1.54) is 11.7 Å². The second-order valence-corrected chi connectivity index (χ2v) is 8.63. The first-order valence-corrected chi connectivity index (χ1v) is 12.2. The molecule has 5 rings (SSSR count). The zero-order valence-corrected chi connectivity index (χ0v) is 21.3. The van der Waals surface area contributed by atoms with Crippen molar-refractivity contribution in [2.24, 2.45) is 0 Å². The molecule has 38 heavy (non-hydrogen) atoms. The molecule has 0 radical (unpaired) electrons. The highest BCUT2D eigenvalue weighted by Gasteiger charge is 2.33. The summed E-state index contributed by atoms with van der Waals surface area (Å²) in [5.74, 6) is 0.400. The van der Waals surface area contributed by atoms with Crippen LogP contribution in [0.2, 0.25) is 0 Å². The topological polar surface area (TPSA) is 125 Å². The standard InChI is InChI=1S/C27H27N7O4/c1-4-21-22(17-8-10-19(11-9-17)34-25(36)30-31-26(34)38-3)12-13-29-23(21)33-15-14-32(27(33)37)20-7-5-6-18(16-20)24(35)28-2/h5-13,16H,4,14-15H2,1-3H3,(H,28,35)(H,30,36). The average Bonchev–Trinajstić information content (AvgIpc) is 3.53. The molecule has 11 heteroatoms. The van der Waals surface area contributed by atoms with Crippen LogP contribution in [0.25, 0.3) is 16.8 Å². The van der Waals surface area contributed by atoms with Gasteiger partial charge in [-0.2, -0.15) is 0 Å². The van der Waals surface area contributed by atoms with Crippen LogP contribution in [-0.4, -0.2) is 58.9 Å². The van der Waals surface area contributed by atoms with Gasteiger partial charge in [-0.25, -0.2) is 24.2 Å². The van der Waals surface area contributed by atoms with Gasteiger partial charge in [-0.3, -0.25) is 14.6 Å². The molecule has 194 valence electrons. The number of aromatic amines is 1. The Balaban J connectivity index is 1.45. The second kappa shape index (κ2) is 10.2. The van der Waals surface area contributed by atoms with E-state index >= 15 is 0 Å². The first-order valence-electron chi connectivity index (χ1n) is 12.2. The smallest absolute Gasteiger partial charge is 0.350 e. The lowest BCUT2D eigenvalue weighted by Gasteiger charge is -2.22. The number of hydrogen-bond donors (Lipinski definition) is 2. The molecule has 0 aliphatic carbocycles. The van der Waals surface area contributed by atoms with Crippen LogP contribution >= 0.6 is 0 Å². The van der Waals surface area contributed by atoms with Gasteiger partial charge in [-0.05, 0) is 53.9 Å². The van der Waals surface area contributed by atoms with Crippen molar-refractivity contribution >= 4 is 23.4 Å². The molecule has 3 heterocycles. The number of ether oxygens (including phenoxy) is 1. The molecular formula is C27H27N7O4. The monoisotopic (exact) mass is 513 g/mol. The van der Waals surface area contributed by atoms with Crippen molar-refractivity contribution in [3.05, 3.63) is 82.4 Å². The van der Waals surface area contributed by atoms with E-state index in [9.17, 15) is 14.4 Å². The molecule has 2 aromatic carbocycles. The normalized spacial score (nSPS) is 13.2. The van der Waals surface area contributed by atoms with Crippen molar-refractivity contribution in [2.75, 3.05) is 37.0 Å². The van der Waals surface area contributed by atoms with Gasteiger partial charge in [0.05, 0.1) is 12.8 Å². The van der Waals surface area contributed by atoms with Crippen molar-refractivity contribution in [1.29, 1.82) is 0 Å². The van der Waals surface area contributed by atoms with Gasteiger partial charge in [0.15, 0.2) is 0 Å². The summed E-state index contributed by atoms with van der Waals surface area (Å²) in [5.41, 5.74) is 4.18. The maximum atomic E-state index is 13.5. The minimum absolute atomic E-state index is 0.168. The Labute approximate surface area is 218 Å². The summed E-state index contributed by atoms with van der Waals surface area (Å²) in [6, 6.07) is 16.4. The third-order valence-electron chi connectivity index (χ3n) is 6.56. The number of urea groups is 1. The van der Waals surface area contributed by atoms with Crippen molar-refractivity contribution in [1.82, 2.24) is 25.1 Å². The van der Waals surface area contributed by atoms with E-state index in [4.69, 9.17) is 4.74 Å². The molecule has 0 bridgehead atoms. The number of methoxy groups -OCH3 is 1. The molecule has 0 saturated carbocycles. The van der Waals surface area contributed by atoms with Gasteiger partial charge >= 0.3 is 17.7 Å². The van der Waals surface area contributed by atoms with Gasteiger partial charge in [-0.1, -0.05) is 25.1 Å². The molecule has 1 saturated heterocycles. The van der Waals surface area contributed by atoms with Crippen LogP contribution in [0.3, 0.4) is 0 Å². The summed E-state index contributed by atoms with van der Waals surface area (Å²) < 4.78 is 6.52. The van der Waals surface area contributed by atoms with E-state index in [0.717, 1.165) is 16.7 Å². The number of hydrogen-bond acceptors (Lipinski definition) is 6. The number of benzene rings is 2. The first-order chi connectivity index (χ1) is 18.5. The maximum Gasteiger partial charge on any atom is 0.350 e. The summed E-state index contributed by atoms with van der Waals surface area (Å²) in [5, 5.41) is 8.86. The predicted molar refractivity (Wildman–Crippen MR) is 143 cm³/mol. The molecule has 2 N–H and O–H groups in total. The third-order valence-corrected chi connectivity index (χ3v) is 6.56. The molecule has 4 aromatic rings. The lowest BCUT2D eigenvalue weighted by molar-refractivity contribution is 0.0963. The number of amides is 3. The van der Waals surface area contributed by atoms with Gasteiger partial charge in [0.2, 0.25) is 0 Å². The highest BCUT2D eigenvalue weighted by atomic mass is 16.5. The number of nitrogens with one attached hydrogen (secondary N) is 2. The number of H-pyrrole nitrogens is 1. The second-order valence-electron chi connectivity index (χ2n) is 8.63. The number of rotatable bonds is 7. The van der Waals surface area contributed by atoms with E-state index in [0.29, 0.717) is 42.3 Å². The fourth-order valence-corrected chi connectivity index (χ4v) is 4.70. The Morgan fingerprint density at radius 3 is 2.53 bits per heavy atom. The van der Waals surface area contributed by atoms with Gasteiger partial charge in [0.1, 0.15) is 5.82 Å². The Hall–Kier alpha value is -4.93. The number of nitrogens with zero attached hydrogens (tertiary/aromatic N) is 5. The van der Waals surface area contributed by atoms with Gasteiger partial charge in [0.25, 0.3) is 5.91 Å². The van der Waals surface area contributed by atoms with Crippen molar-refractivity contribution in [2.45, 2.75) is 13.3 Å². The fourth-order valence-electron chi connectivity index (χ4n) is 4.70. The van der Waals surface area contributed by atoms with Crippen LogP contribution in [-0.2, 0) is 6.42 Å². The summed E-state index contributed by atoms with van der Waals surface area (Å²) in [6.07, 6.45) is 2.36. The largest absolute Gasteiger partial charge is 0.467 e. The molecule has 0 unspecified atom stereocenters. The SMILES string of the molecule is CCc1c(-c2ccc(-n3c(OC)n[nH]c3=O)cc2)ccnc1N1CCN(c2cccc(C(=O)NC)c2)C1=O. The predicted octanol–water partition coefficient (Wildman–Crippen LogP) is 3.00. The lowest BCUT2D eigenvalue weighted by atomic mass is 9.98. The van der Waals surface area contributed by atoms with Crippen LogP contribution in [0.5, 0.6) is 6.01 Å². The quantitative estimate of drug-likeness (QED) is 0.391. The summed E-state index contributed by atoms with van der Waals surface area (Å²) in [4.78, 5) is 45.7. The van der Waals surface area contributed by atoms with E-state index in [2.05, 4.69) is 20.5 Å². The van der Waals surface area contributed by atoms with Crippen LogP contribution in [0.15, 0.2) is 65.6 Å². The minimum atomic E-state index is -0.395. The molecule has 1 fully saturated rings. The zero-order chi connectivity index (χ0) is 26.8.